The largest absolute Gasteiger partial charge is 0.378 e. The van der Waals surface area contributed by atoms with E-state index in [1.807, 2.05) is 48.2 Å². The van der Waals surface area contributed by atoms with Gasteiger partial charge in [-0.3, -0.25) is 9.59 Å². The molecule has 0 aliphatic carbocycles. The van der Waals surface area contributed by atoms with Gasteiger partial charge in [0.2, 0.25) is 11.6 Å². The monoisotopic (exact) mass is 232 g/mol. The average Bonchev–Trinajstić information content (AvgIpc) is 2.33. The van der Waals surface area contributed by atoms with Crippen LogP contribution in [0, 0.1) is 0 Å². The van der Waals surface area contributed by atoms with Crippen LogP contribution in [-0.4, -0.2) is 38.8 Å². The Kier molecular flexibility index (Phi) is 3.13. The molecule has 1 fully saturated rings. The van der Waals surface area contributed by atoms with Crippen LogP contribution in [0.15, 0.2) is 24.3 Å². The molecule has 0 unspecified atom stereocenters. The molecule has 0 amide bonds. The molecule has 0 aromatic heterocycles. The molecule has 0 spiro atoms. The first-order valence-electron chi connectivity index (χ1n) is 5.66. The Morgan fingerprint density at radius 3 is 2.24 bits per heavy atom. The number of nitrogens with zero attached hydrogens (tertiary/aromatic N) is 2. The van der Waals surface area contributed by atoms with E-state index in [0.717, 1.165) is 11.4 Å². The van der Waals surface area contributed by atoms with Crippen LogP contribution < -0.4 is 9.80 Å². The molecule has 17 heavy (non-hydrogen) atoms. The van der Waals surface area contributed by atoms with Crippen LogP contribution >= 0.6 is 0 Å². The van der Waals surface area contributed by atoms with Crippen LogP contribution in [0.1, 0.15) is 6.42 Å². The maximum atomic E-state index is 11.4. The molecule has 90 valence electrons. The predicted octanol–water partition coefficient (Wildman–Crippen LogP) is 1.10. The lowest BCUT2D eigenvalue weighted by molar-refractivity contribution is -0.136. The second kappa shape index (κ2) is 4.57. The smallest absolute Gasteiger partial charge is 0.217 e. The molecular weight excluding hydrogens is 216 g/mol. The molecule has 0 N–H and O–H groups in total. The van der Waals surface area contributed by atoms with Gasteiger partial charge in [0, 0.05) is 38.4 Å². The van der Waals surface area contributed by atoms with Crippen molar-refractivity contribution in [3.05, 3.63) is 24.3 Å². The third kappa shape index (κ3) is 2.46. The molecule has 0 radical (unpaired) electrons. The molecule has 1 aromatic carbocycles. The van der Waals surface area contributed by atoms with Crippen molar-refractivity contribution in [2.45, 2.75) is 6.42 Å². The van der Waals surface area contributed by atoms with Gasteiger partial charge in [0.15, 0.2) is 0 Å². The minimum atomic E-state index is -0.284. The standard InChI is InChI=1S/C13H16N2O2/c1-14(2)10-3-5-11(6-4-10)15-8-7-12(16)13(17)9-15/h3-6H,7-9H2,1-2H3. The zero-order valence-electron chi connectivity index (χ0n) is 10.1. The topological polar surface area (TPSA) is 40.6 Å². The fourth-order valence-electron chi connectivity index (χ4n) is 1.90. The molecule has 1 aromatic rings. The van der Waals surface area contributed by atoms with Gasteiger partial charge in [0.25, 0.3) is 0 Å². The Balaban J connectivity index is 2.12. The normalized spacial score (nSPS) is 16.2. The van der Waals surface area contributed by atoms with E-state index in [1.54, 1.807) is 0 Å². The van der Waals surface area contributed by atoms with E-state index in [0.29, 0.717) is 13.0 Å². The minimum Gasteiger partial charge on any atom is -0.378 e. The highest BCUT2D eigenvalue weighted by atomic mass is 16.2. The summed E-state index contributed by atoms with van der Waals surface area (Å²) in [4.78, 5) is 26.5. The van der Waals surface area contributed by atoms with Gasteiger partial charge in [-0.15, -0.1) is 0 Å². The zero-order valence-corrected chi connectivity index (χ0v) is 10.1. The third-order valence-electron chi connectivity index (χ3n) is 2.99. The molecule has 1 aliphatic heterocycles. The maximum Gasteiger partial charge on any atom is 0.217 e. The van der Waals surface area contributed by atoms with Gasteiger partial charge in [-0.05, 0) is 24.3 Å². The van der Waals surface area contributed by atoms with Crippen LogP contribution in [-0.2, 0) is 9.59 Å². The van der Waals surface area contributed by atoms with Gasteiger partial charge in [-0.25, -0.2) is 0 Å². The van der Waals surface area contributed by atoms with E-state index >= 15 is 0 Å². The predicted molar refractivity (Wildman–Crippen MR) is 67.6 cm³/mol. The quantitative estimate of drug-likeness (QED) is 0.716. The van der Waals surface area contributed by atoms with Gasteiger partial charge in [0.1, 0.15) is 0 Å². The first-order chi connectivity index (χ1) is 8.08. The highest BCUT2D eigenvalue weighted by Crippen LogP contribution is 2.21. The molecular formula is C13H16N2O2. The van der Waals surface area contributed by atoms with Gasteiger partial charge < -0.3 is 9.80 Å². The van der Waals surface area contributed by atoms with E-state index in [1.165, 1.54) is 0 Å². The first-order valence-corrected chi connectivity index (χ1v) is 5.66. The second-order valence-corrected chi connectivity index (χ2v) is 4.43. The van der Waals surface area contributed by atoms with Crippen LogP contribution in [0.2, 0.25) is 0 Å². The van der Waals surface area contributed by atoms with Crippen molar-refractivity contribution in [1.82, 2.24) is 0 Å². The zero-order chi connectivity index (χ0) is 12.4. The number of piperidine rings is 1. The molecule has 0 bridgehead atoms. The fraction of sp³-hybridized carbons (Fsp3) is 0.385. The second-order valence-electron chi connectivity index (χ2n) is 4.43. The SMILES string of the molecule is CN(C)c1ccc(N2CCC(=O)C(=O)C2)cc1. The number of rotatable bonds is 2. The van der Waals surface area contributed by atoms with Crippen molar-refractivity contribution in [1.29, 1.82) is 0 Å². The van der Waals surface area contributed by atoms with Crippen molar-refractivity contribution in [2.24, 2.45) is 0 Å². The number of carbonyl (C=O) groups is 2. The number of ketones is 2. The highest BCUT2D eigenvalue weighted by Gasteiger charge is 2.24. The summed E-state index contributed by atoms with van der Waals surface area (Å²) in [6.07, 6.45) is 0.328. The molecule has 2 rings (SSSR count). The van der Waals surface area contributed by atoms with Gasteiger partial charge in [0.05, 0.1) is 6.54 Å². The minimum absolute atomic E-state index is 0.208. The summed E-state index contributed by atoms with van der Waals surface area (Å²) in [5, 5.41) is 0. The van der Waals surface area contributed by atoms with Crippen LogP contribution in [0.4, 0.5) is 11.4 Å². The Bertz CT molecular complexity index is 437. The van der Waals surface area contributed by atoms with E-state index < -0.39 is 0 Å². The average molecular weight is 232 g/mol. The third-order valence-corrected chi connectivity index (χ3v) is 2.99. The Labute approximate surface area is 101 Å². The fourth-order valence-corrected chi connectivity index (χ4v) is 1.90. The summed E-state index contributed by atoms with van der Waals surface area (Å²) < 4.78 is 0. The summed E-state index contributed by atoms with van der Waals surface area (Å²) in [7, 11) is 3.97. The summed E-state index contributed by atoms with van der Waals surface area (Å²) in [6.45, 7) is 0.839. The van der Waals surface area contributed by atoms with Crippen LogP contribution in [0.25, 0.3) is 0 Å². The Morgan fingerprint density at radius 1 is 1.06 bits per heavy atom. The van der Waals surface area contributed by atoms with E-state index in [-0.39, 0.29) is 18.1 Å². The number of carbonyl (C=O) groups excluding carboxylic acids is 2. The lowest BCUT2D eigenvalue weighted by atomic mass is 10.1. The van der Waals surface area contributed by atoms with Gasteiger partial charge in [-0.2, -0.15) is 0 Å². The van der Waals surface area contributed by atoms with Crippen molar-refractivity contribution >= 4 is 22.9 Å². The van der Waals surface area contributed by atoms with E-state index in [9.17, 15) is 9.59 Å². The summed E-state index contributed by atoms with van der Waals surface area (Å²) in [5.41, 5.74) is 2.12. The van der Waals surface area contributed by atoms with Crippen LogP contribution in [0.5, 0.6) is 0 Å². The van der Waals surface area contributed by atoms with Gasteiger partial charge >= 0.3 is 0 Å². The maximum absolute atomic E-state index is 11.4. The summed E-state index contributed by atoms with van der Waals surface area (Å²) in [5.74, 6) is -0.529. The lowest BCUT2D eigenvalue weighted by Gasteiger charge is -2.27. The summed E-state index contributed by atoms with van der Waals surface area (Å²) in [6, 6.07) is 7.99. The molecule has 1 saturated heterocycles. The molecule has 0 saturated carbocycles. The van der Waals surface area contributed by atoms with E-state index in [2.05, 4.69) is 0 Å². The number of hydrogen-bond acceptors (Lipinski definition) is 4. The molecule has 1 aliphatic rings. The Hall–Kier alpha value is -1.84. The molecule has 0 atom stereocenters. The molecule has 4 heteroatoms. The summed E-state index contributed by atoms with van der Waals surface area (Å²) >= 11 is 0. The van der Waals surface area contributed by atoms with Crippen molar-refractivity contribution in [3.8, 4) is 0 Å². The number of anilines is 2. The van der Waals surface area contributed by atoms with Crippen LogP contribution in [0.3, 0.4) is 0 Å². The highest BCUT2D eigenvalue weighted by molar-refractivity contribution is 6.39. The number of hydrogen-bond donors (Lipinski definition) is 0. The number of benzene rings is 1. The Morgan fingerprint density at radius 2 is 1.71 bits per heavy atom. The van der Waals surface area contributed by atoms with Gasteiger partial charge in [-0.1, -0.05) is 0 Å². The molecule has 1 heterocycles. The van der Waals surface area contributed by atoms with E-state index in [4.69, 9.17) is 0 Å². The lowest BCUT2D eigenvalue weighted by Crippen LogP contribution is -2.41. The van der Waals surface area contributed by atoms with Crippen molar-refractivity contribution in [2.75, 3.05) is 37.0 Å². The molecule has 4 nitrogen and oxygen atoms in total. The van der Waals surface area contributed by atoms with Crippen molar-refractivity contribution in [3.63, 3.8) is 0 Å². The number of Topliss-reactive ketones (excluding diaryl/α,β-unsaturated/α-hetero) is 2. The van der Waals surface area contributed by atoms with Crippen molar-refractivity contribution < 1.29 is 9.59 Å². The first kappa shape index (κ1) is 11.6.